The molecule has 1 N–H and O–H groups in total. The largest absolute Gasteiger partial charge is 0.497 e. The summed E-state index contributed by atoms with van der Waals surface area (Å²) in [6.07, 6.45) is 1.68. The molecule has 0 bridgehead atoms. The van der Waals surface area contributed by atoms with Crippen molar-refractivity contribution in [3.05, 3.63) is 46.9 Å². The van der Waals surface area contributed by atoms with Crippen molar-refractivity contribution in [3.63, 3.8) is 0 Å². The molecule has 0 spiro atoms. The Bertz CT molecular complexity index is 1090. The van der Waals surface area contributed by atoms with Crippen molar-refractivity contribution in [2.75, 3.05) is 25.3 Å². The Kier molecular flexibility index (Phi) is 6.23. The fraction of sp³-hybridized carbons (Fsp3) is 0.263. The van der Waals surface area contributed by atoms with Crippen LogP contribution >= 0.6 is 11.8 Å². The lowest BCUT2D eigenvalue weighted by molar-refractivity contribution is -0.113. The molecule has 0 saturated heterocycles. The average Bonchev–Trinajstić information content (AvgIpc) is 3.09. The van der Waals surface area contributed by atoms with Crippen molar-refractivity contribution in [1.29, 1.82) is 0 Å². The highest BCUT2D eigenvalue weighted by Crippen LogP contribution is 2.29. The Labute approximate surface area is 171 Å². The van der Waals surface area contributed by atoms with Gasteiger partial charge in [-0.1, -0.05) is 11.8 Å². The van der Waals surface area contributed by atoms with Crippen LogP contribution in [0.1, 0.15) is 0 Å². The summed E-state index contributed by atoms with van der Waals surface area (Å²) >= 11 is 1.22. The van der Waals surface area contributed by atoms with E-state index >= 15 is 0 Å². The molecule has 9 nitrogen and oxygen atoms in total. The first-order valence-electron chi connectivity index (χ1n) is 8.64. The number of aromatic nitrogens is 4. The molecular formula is C19H21N5O4S. The molecule has 0 aliphatic rings. The van der Waals surface area contributed by atoms with Gasteiger partial charge in [-0.25, -0.2) is 0 Å². The van der Waals surface area contributed by atoms with Crippen molar-refractivity contribution in [2.45, 2.75) is 5.16 Å². The highest BCUT2D eigenvalue weighted by molar-refractivity contribution is 7.99. The third-order valence-corrected chi connectivity index (χ3v) is 5.23. The molecule has 2 aromatic heterocycles. The number of hydrogen-bond acceptors (Lipinski definition) is 7. The first kappa shape index (κ1) is 20.5. The maximum absolute atomic E-state index is 12.4. The van der Waals surface area contributed by atoms with Crippen LogP contribution in [0.4, 0.5) is 5.69 Å². The SMILES string of the molecule is COc1ccc(NC(=O)CSc2nnc(-c3cccn(C)c3=O)n2C)c(OC)c1. The van der Waals surface area contributed by atoms with Crippen LogP contribution in [-0.2, 0) is 18.9 Å². The molecule has 0 aliphatic heterocycles. The van der Waals surface area contributed by atoms with Gasteiger partial charge in [-0.05, 0) is 24.3 Å². The van der Waals surface area contributed by atoms with Crippen LogP contribution in [0.25, 0.3) is 11.4 Å². The molecule has 1 aromatic carbocycles. The normalized spacial score (nSPS) is 10.6. The summed E-state index contributed by atoms with van der Waals surface area (Å²) < 4.78 is 13.6. The first-order valence-corrected chi connectivity index (χ1v) is 9.63. The number of benzene rings is 1. The van der Waals surface area contributed by atoms with E-state index in [0.717, 1.165) is 0 Å². The maximum atomic E-state index is 12.4. The van der Waals surface area contributed by atoms with Crippen molar-refractivity contribution in [1.82, 2.24) is 19.3 Å². The summed E-state index contributed by atoms with van der Waals surface area (Å²) in [6, 6.07) is 8.61. The molecule has 1 amide bonds. The second-order valence-corrected chi connectivity index (χ2v) is 7.05. The number of nitrogens with zero attached hydrogens (tertiary/aromatic N) is 4. The fourth-order valence-electron chi connectivity index (χ4n) is 2.66. The average molecular weight is 415 g/mol. The van der Waals surface area contributed by atoms with E-state index in [-0.39, 0.29) is 17.2 Å². The van der Waals surface area contributed by atoms with Crippen LogP contribution < -0.4 is 20.3 Å². The lowest BCUT2D eigenvalue weighted by Gasteiger charge is -2.11. The number of pyridine rings is 1. The van der Waals surface area contributed by atoms with E-state index in [1.165, 1.54) is 23.4 Å². The molecule has 0 unspecified atom stereocenters. The lowest BCUT2D eigenvalue weighted by Crippen LogP contribution is -2.18. The van der Waals surface area contributed by atoms with Crippen LogP contribution in [0.5, 0.6) is 11.5 Å². The van der Waals surface area contributed by atoms with Crippen molar-refractivity contribution < 1.29 is 14.3 Å². The molecule has 10 heteroatoms. The summed E-state index contributed by atoms with van der Waals surface area (Å²) in [7, 11) is 6.52. The standard InChI is InChI=1S/C19H21N5O4S/c1-23-9-5-6-13(18(23)26)17-21-22-19(24(17)2)29-11-16(25)20-14-8-7-12(27-3)10-15(14)28-4/h5-10H,11H2,1-4H3,(H,20,25). The Morgan fingerprint density at radius 1 is 1.17 bits per heavy atom. The number of amides is 1. The van der Waals surface area contributed by atoms with Gasteiger partial charge in [0, 0.05) is 26.4 Å². The monoisotopic (exact) mass is 415 g/mol. The van der Waals surface area contributed by atoms with Gasteiger partial charge in [0.15, 0.2) is 11.0 Å². The molecule has 3 rings (SSSR count). The van der Waals surface area contributed by atoms with Crippen LogP contribution in [-0.4, -0.2) is 45.2 Å². The number of ether oxygens (including phenoxy) is 2. The third kappa shape index (κ3) is 4.43. The van der Waals surface area contributed by atoms with E-state index in [1.54, 1.807) is 62.3 Å². The molecule has 0 saturated carbocycles. The number of carbonyl (C=O) groups excluding carboxylic acids is 1. The predicted octanol–water partition coefficient (Wildman–Crippen LogP) is 1.93. The van der Waals surface area contributed by atoms with Crippen molar-refractivity contribution in [2.24, 2.45) is 14.1 Å². The van der Waals surface area contributed by atoms with Gasteiger partial charge in [-0.15, -0.1) is 10.2 Å². The summed E-state index contributed by atoms with van der Waals surface area (Å²) in [5.74, 6) is 1.48. The minimum atomic E-state index is -0.223. The maximum Gasteiger partial charge on any atom is 0.261 e. The Morgan fingerprint density at radius 3 is 2.69 bits per heavy atom. The molecule has 152 valence electrons. The van der Waals surface area contributed by atoms with Gasteiger partial charge in [0.25, 0.3) is 5.56 Å². The van der Waals surface area contributed by atoms with Crippen LogP contribution in [0.3, 0.4) is 0 Å². The second kappa shape index (κ2) is 8.82. The van der Waals surface area contributed by atoms with E-state index in [4.69, 9.17) is 9.47 Å². The van der Waals surface area contributed by atoms with Gasteiger partial charge >= 0.3 is 0 Å². The van der Waals surface area contributed by atoms with Crippen LogP contribution in [0.2, 0.25) is 0 Å². The Hall–Kier alpha value is -3.27. The molecule has 29 heavy (non-hydrogen) atoms. The number of nitrogens with one attached hydrogen (secondary N) is 1. The van der Waals surface area contributed by atoms with E-state index < -0.39 is 0 Å². The van der Waals surface area contributed by atoms with E-state index in [9.17, 15) is 9.59 Å². The van der Waals surface area contributed by atoms with Crippen molar-refractivity contribution >= 4 is 23.4 Å². The fourth-order valence-corrected chi connectivity index (χ4v) is 3.37. The smallest absolute Gasteiger partial charge is 0.261 e. The molecular weight excluding hydrogens is 394 g/mol. The number of thioether (sulfide) groups is 1. The zero-order chi connectivity index (χ0) is 21.0. The van der Waals surface area contributed by atoms with Gasteiger partial charge < -0.3 is 23.9 Å². The third-order valence-electron chi connectivity index (χ3n) is 4.21. The number of carbonyl (C=O) groups is 1. The first-order chi connectivity index (χ1) is 13.9. The number of rotatable bonds is 7. The quantitative estimate of drug-likeness (QED) is 0.589. The number of hydrogen-bond donors (Lipinski definition) is 1. The van der Waals surface area contributed by atoms with Gasteiger partial charge in [0.05, 0.1) is 31.2 Å². The zero-order valence-electron chi connectivity index (χ0n) is 16.5. The minimum absolute atomic E-state index is 0.119. The highest BCUT2D eigenvalue weighted by Gasteiger charge is 2.16. The molecule has 2 heterocycles. The summed E-state index contributed by atoms with van der Waals surface area (Å²) in [5, 5.41) is 11.6. The Morgan fingerprint density at radius 2 is 1.97 bits per heavy atom. The second-order valence-electron chi connectivity index (χ2n) is 6.11. The summed E-state index contributed by atoms with van der Waals surface area (Å²) in [6.45, 7) is 0. The Balaban J connectivity index is 1.70. The molecule has 3 aromatic rings. The molecule has 0 aliphatic carbocycles. The molecule has 0 atom stereocenters. The number of methoxy groups -OCH3 is 2. The lowest BCUT2D eigenvalue weighted by atomic mass is 10.2. The minimum Gasteiger partial charge on any atom is -0.497 e. The molecule has 0 radical (unpaired) electrons. The van der Waals surface area contributed by atoms with E-state index in [1.807, 2.05) is 0 Å². The zero-order valence-corrected chi connectivity index (χ0v) is 17.3. The number of aryl methyl sites for hydroxylation is 1. The topological polar surface area (TPSA) is 100 Å². The van der Waals surface area contributed by atoms with Gasteiger partial charge in [-0.2, -0.15) is 0 Å². The van der Waals surface area contributed by atoms with Crippen LogP contribution in [0, 0.1) is 0 Å². The summed E-state index contributed by atoms with van der Waals surface area (Å²) in [4.78, 5) is 24.7. The van der Waals surface area contributed by atoms with Crippen LogP contribution in [0.15, 0.2) is 46.5 Å². The van der Waals surface area contributed by atoms with E-state index in [2.05, 4.69) is 15.5 Å². The summed E-state index contributed by atoms with van der Waals surface area (Å²) in [5.41, 5.74) is 0.832. The van der Waals surface area contributed by atoms with Gasteiger partial charge in [-0.3, -0.25) is 9.59 Å². The van der Waals surface area contributed by atoms with Gasteiger partial charge in [0.1, 0.15) is 11.5 Å². The van der Waals surface area contributed by atoms with Crippen molar-refractivity contribution in [3.8, 4) is 22.9 Å². The van der Waals surface area contributed by atoms with E-state index in [0.29, 0.717) is 33.7 Å². The van der Waals surface area contributed by atoms with Gasteiger partial charge in [0.2, 0.25) is 5.91 Å². The molecule has 0 fully saturated rings. The number of anilines is 1. The highest BCUT2D eigenvalue weighted by atomic mass is 32.2. The predicted molar refractivity (Wildman–Crippen MR) is 111 cm³/mol.